The van der Waals surface area contributed by atoms with Crippen LogP contribution >= 0.6 is 11.3 Å². The summed E-state index contributed by atoms with van der Waals surface area (Å²) in [5.74, 6) is 0.801. The molecule has 0 spiro atoms. The highest BCUT2D eigenvalue weighted by Crippen LogP contribution is 2.42. The van der Waals surface area contributed by atoms with E-state index in [1.807, 2.05) is 24.4 Å². The highest BCUT2D eigenvalue weighted by Gasteiger charge is 2.46. The Morgan fingerprint density at radius 2 is 1.78 bits per heavy atom. The van der Waals surface area contributed by atoms with Gasteiger partial charge in [-0.2, -0.15) is 0 Å². The van der Waals surface area contributed by atoms with Gasteiger partial charge in [-0.25, -0.2) is 4.98 Å². The zero-order valence-corrected chi connectivity index (χ0v) is 19.2. The van der Waals surface area contributed by atoms with Gasteiger partial charge in [-0.3, -0.25) is 4.79 Å². The molecule has 1 unspecified atom stereocenters. The second-order valence-corrected chi connectivity index (χ2v) is 10.1. The monoisotopic (exact) mass is 446 g/mol. The van der Waals surface area contributed by atoms with Crippen LogP contribution in [-0.2, 0) is 21.4 Å². The van der Waals surface area contributed by atoms with Crippen molar-refractivity contribution in [2.24, 2.45) is 5.92 Å². The summed E-state index contributed by atoms with van der Waals surface area (Å²) in [6.07, 6.45) is 6.73. The van der Waals surface area contributed by atoms with Gasteiger partial charge in [0.05, 0.1) is 5.41 Å². The molecule has 0 aliphatic carbocycles. The van der Waals surface area contributed by atoms with Crippen LogP contribution in [0.5, 0.6) is 0 Å². The number of benzene rings is 2. The molecule has 1 amide bonds. The molecular weight excluding hydrogens is 416 g/mol. The Kier molecular flexibility index (Phi) is 6.37. The SMILES string of the molecule is O=C(N1CCCC(Cc2ccccc2)C1)C1(c2cnc(-c3ccccc3)s2)CCOCC1. The van der Waals surface area contributed by atoms with Gasteiger partial charge in [0.15, 0.2) is 0 Å². The number of piperidine rings is 1. The summed E-state index contributed by atoms with van der Waals surface area (Å²) in [6.45, 7) is 2.97. The van der Waals surface area contributed by atoms with E-state index in [1.54, 1.807) is 11.3 Å². The Morgan fingerprint density at radius 1 is 1.06 bits per heavy atom. The molecule has 2 saturated heterocycles. The minimum absolute atomic E-state index is 0.279. The van der Waals surface area contributed by atoms with E-state index in [0.717, 1.165) is 54.2 Å². The van der Waals surface area contributed by atoms with E-state index in [2.05, 4.69) is 47.4 Å². The van der Waals surface area contributed by atoms with Crippen LogP contribution in [0.2, 0.25) is 0 Å². The van der Waals surface area contributed by atoms with Crippen molar-refractivity contribution in [1.29, 1.82) is 0 Å². The van der Waals surface area contributed by atoms with Crippen molar-refractivity contribution in [3.8, 4) is 10.6 Å². The Labute approximate surface area is 194 Å². The lowest BCUT2D eigenvalue weighted by Gasteiger charge is -2.42. The van der Waals surface area contributed by atoms with Gasteiger partial charge in [-0.05, 0) is 43.6 Å². The van der Waals surface area contributed by atoms with Crippen LogP contribution in [0.3, 0.4) is 0 Å². The summed E-state index contributed by atoms with van der Waals surface area (Å²) >= 11 is 1.67. The minimum atomic E-state index is -0.502. The number of nitrogens with zero attached hydrogens (tertiary/aromatic N) is 2. The first-order valence-electron chi connectivity index (χ1n) is 11.7. The first kappa shape index (κ1) is 21.4. The van der Waals surface area contributed by atoms with E-state index in [1.165, 1.54) is 12.0 Å². The van der Waals surface area contributed by atoms with Gasteiger partial charge in [0.2, 0.25) is 5.91 Å². The Balaban J connectivity index is 1.38. The quantitative estimate of drug-likeness (QED) is 0.531. The second kappa shape index (κ2) is 9.55. The van der Waals surface area contributed by atoms with Crippen LogP contribution in [0, 0.1) is 5.92 Å². The van der Waals surface area contributed by atoms with E-state index in [9.17, 15) is 4.79 Å². The minimum Gasteiger partial charge on any atom is -0.381 e. The highest BCUT2D eigenvalue weighted by atomic mass is 32.1. The zero-order chi connectivity index (χ0) is 21.8. The number of hydrogen-bond donors (Lipinski definition) is 0. The number of carbonyl (C=O) groups is 1. The fourth-order valence-corrected chi connectivity index (χ4v) is 6.32. The predicted octanol–water partition coefficient (Wildman–Crippen LogP) is 5.34. The molecule has 2 aliphatic heterocycles. The molecule has 2 aromatic carbocycles. The summed E-state index contributed by atoms with van der Waals surface area (Å²) in [5.41, 5.74) is 1.97. The molecule has 166 valence electrons. The molecule has 0 bridgehead atoms. The normalized spacial score (nSPS) is 20.8. The van der Waals surface area contributed by atoms with Crippen molar-refractivity contribution >= 4 is 17.2 Å². The molecule has 2 fully saturated rings. The van der Waals surface area contributed by atoms with Crippen molar-refractivity contribution < 1.29 is 9.53 Å². The molecule has 5 heteroatoms. The lowest BCUT2D eigenvalue weighted by Crippen LogP contribution is -2.52. The van der Waals surface area contributed by atoms with Crippen molar-refractivity contribution in [2.45, 2.75) is 37.5 Å². The number of aromatic nitrogens is 1. The summed E-state index contributed by atoms with van der Waals surface area (Å²) in [6, 6.07) is 20.9. The smallest absolute Gasteiger partial charge is 0.234 e. The maximum absolute atomic E-state index is 14.1. The van der Waals surface area contributed by atoms with E-state index in [0.29, 0.717) is 19.1 Å². The molecule has 2 aliphatic rings. The molecule has 3 aromatic rings. The van der Waals surface area contributed by atoms with Crippen molar-refractivity contribution in [3.05, 3.63) is 77.3 Å². The fourth-order valence-electron chi connectivity index (χ4n) is 5.16. The first-order valence-corrected chi connectivity index (χ1v) is 12.5. The van der Waals surface area contributed by atoms with Gasteiger partial charge < -0.3 is 9.64 Å². The molecule has 1 atom stereocenters. The molecule has 0 N–H and O–H groups in total. The van der Waals surface area contributed by atoms with Gasteiger partial charge in [0.1, 0.15) is 5.01 Å². The topological polar surface area (TPSA) is 42.4 Å². The Hall–Kier alpha value is -2.50. The molecular formula is C27H30N2O2S. The largest absolute Gasteiger partial charge is 0.381 e. The number of carbonyl (C=O) groups excluding carboxylic acids is 1. The molecule has 1 aromatic heterocycles. The third-order valence-corrected chi connectivity index (χ3v) is 8.18. The average Bonchev–Trinajstić information content (AvgIpc) is 3.36. The van der Waals surface area contributed by atoms with E-state index in [-0.39, 0.29) is 5.91 Å². The van der Waals surface area contributed by atoms with Crippen molar-refractivity contribution in [1.82, 2.24) is 9.88 Å². The summed E-state index contributed by atoms with van der Waals surface area (Å²) in [7, 11) is 0. The van der Waals surface area contributed by atoms with Gasteiger partial charge >= 0.3 is 0 Å². The number of rotatable bonds is 5. The predicted molar refractivity (Wildman–Crippen MR) is 129 cm³/mol. The fraction of sp³-hybridized carbons (Fsp3) is 0.407. The van der Waals surface area contributed by atoms with Gasteiger partial charge in [0, 0.05) is 42.9 Å². The summed E-state index contributed by atoms with van der Waals surface area (Å²) in [5, 5.41) is 0.986. The van der Waals surface area contributed by atoms with E-state index in [4.69, 9.17) is 9.72 Å². The van der Waals surface area contributed by atoms with Crippen LogP contribution < -0.4 is 0 Å². The first-order chi connectivity index (χ1) is 15.7. The molecule has 0 radical (unpaired) electrons. The maximum Gasteiger partial charge on any atom is 0.234 e. The van der Waals surface area contributed by atoms with Crippen LogP contribution in [0.25, 0.3) is 10.6 Å². The molecule has 3 heterocycles. The van der Waals surface area contributed by atoms with Gasteiger partial charge in [-0.15, -0.1) is 11.3 Å². The van der Waals surface area contributed by atoms with Gasteiger partial charge in [-0.1, -0.05) is 60.7 Å². The lowest BCUT2D eigenvalue weighted by molar-refractivity contribution is -0.143. The third-order valence-electron chi connectivity index (χ3n) is 6.93. The van der Waals surface area contributed by atoms with Crippen molar-refractivity contribution in [3.63, 3.8) is 0 Å². The molecule has 32 heavy (non-hydrogen) atoms. The lowest BCUT2D eigenvalue weighted by atomic mass is 9.77. The number of ether oxygens (including phenoxy) is 1. The van der Waals surface area contributed by atoms with Crippen molar-refractivity contribution in [2.75, 3.05) is 26.3 Å². The van der Waals surface area contributed by atoms with E-state index >= 15 is 0 Å². The number of likely N-dealkylation sites (tertiary alicyclic amines) is 1. The summed E-state index contributed by atoms with van der Waals surface area (Å²) < 4.78 is 5.69. The van der Waals surface area contributed by atoms with Crippen LogP contribution in [-0.4, -0.2) is 42.1 Å². The Bertz CT molecular complexity index is 1030. The van der Waals surface area contributed by atoms with Crippen LogP contribution in [0.4, 0.5) is 0 Å². The standard InChI is InChI=1S/C27H30N2O2S/c30-26(29-15-7-10-22(20-29)18-21-8-3-1-4-9-21)27(13-16-31-17-14-27)24-19-28-25(32-24)23-11-5-2-6-12-23/h1-6,8-9,11-12,19,22H,7,10,13-18,20H2. The highest BCUT2D eigenvalue weighted by molar-refractivity contribution is 7.15. The number of hydrogen-bond acceptors (Lipinski definition) is 4. The van der Waals surface area contributed by atoms with Crippen LogP contribution in [0.1, 0.15) is 36.1 Å². The molecule has 4 nitrogen and oxygen atoms in total. The van der Waals surface area contributed by atoms with E-state index < -0.39 is 5.41 Å². The molecule has 5 rings (SSSR count). The molecule has 0 saturated carbocycles. The second-order valence-electron chi connectivity index (χ2n) is 9.04. The maximum atomic E-state index is 14.1. The zero-order valence-electron chi connectivity index (χ0n) is 18.4. The average molecular weight is 447 g/mol. The third kappa shape index (κ3) is 4.37. The van der Waals surface area contributed by atoms with Crippen LogP contribution in [0.15, 0.2) is 66.9 Å². The van der Waals surface area contributed by atoms with Gasteiger partial charge in [0.25, 0.3) is 0 Å². The summed E-state index contributed by atoms with van der Waals surface area (Å²) in [4.78, 5) is 22.0. The Morgan fingerprint density at radius 3 is 2.53 bits per heavy atom. The number of amides is 1. The number of thiazole rings is 1.